The fourth-order valence-electron chi connectivity index (χ4n) is 2.75. The van der Waals surface area contributed by atoms with Gasteiger partial charge in [-0.2, -0.15) is 0 Å². The molecule has 1 aliphatic rings. The molecule has 1 fully saturated rings. The fourth-order valence-corrected chi connectivity index (χ4v) is 3.76. The molecule has 6 nitrogen and oxygen atoms in total. The largest absolute Gasteiger partial charge is 0.490 e. The zero-order valence-electron chi connectivity index (χ0n) is 16.8. The van der Waals surface area contributed by atoms with Crippen LogP contribution in [0.3, 0.4) is 0 Å². The van der Waals surface area contributed by atoms with Crippen LogP contribution in [0.15, 0.2) is 47.4 Å². The first-order valence-electron chi connectivity index (χ1n) is 9.31. The van der Waals surface area contributed by atoms with Crippen LogP contribution < -0.4 is 10.1 Å². The summed E-state index contributed by atoms with van der Waals surface area (Å²) in [6.07, 6.45) is 1.58. The Kier molecular flexibility index (Phi) is 6.84. The zero-order valence-corrected chi connectivity index (χ0v) is 18.3. The van der Waals surface area contributed by atoms with Crippen LogP contribution in [0.4, 0.5) is 10.5 Å². The molecule has 1 aliphatic heterocycles. The number of hydrogen-bond donors (Lipinski definition) is 1. The summed E-state index contributed by atoms with van der Waals surface area (Å²) in [6, 6.07) is 12.4. The van der Waals surface area contributed by atoms with Gasteiger partial charge in [0.15, 0.2) is 0 Å². The molecule has 0 atom stereocenters. The number of benzene rings is 2. The van der Waals surface area contributed by atoms with Crippen LogP contribution in [0.1, 0.15) is 25.0 Å². The first-order chi connectivity index (χ1) is 14.2. The lowest BCUT2D eigenvalue weighted by molar-refractivity contribution is -0.127. The average molecular weight is 445 g/mol. The molecule has 0 bridgehead atoms. The van der Waals surface area contributed by atoms with Crippen molar-refractivity contribution in [3.63, 3.8) is 0 Å². The number of ether oxygens (including phenoxy) is 1. The second-order valence-corrected chi connectivity index (χ2v) is 8.38. The van der Waals surface area contributed by atoms with Crippen molar-refractivity contribution in [3.8, 4) is 5.75 Å². The van der Waals surface area contributed by atoms with E-state index in [2.05, 4.69) is 5.32 Å². The summed E-state index contributed by atoms with van der Waals surface area (Å²) < 4.78 is 5.75. The van der Waals surface area contributed by atoms with Gasteiger partial charge in [0.05, 0.1) is 11.0 Å². The Balaban J connectivity index is 1.72. The maximum atomic E-state index is 12.7. The van der Waals surface area contributed by atoms with Crippen LogP contribution in [0.25, 0.3) is 6.08 Å². The highest BCUT2D eigenvalue weighted by atomic mass is 35.5. The van der Waals surface area contributed by atoms with E-state index in [1.807, 2.05) is 32.9 Å². The molecule has 30 heavy (non-hydrogen) atoms. The van der Waals surface area contributed by atoms with Gasteiger partial charge < -0.3 is 10.1 Å². The molecule has 1 saturated heterocycles. The van der Waals surface area contributed by atoms with Gasteiger partial charge in [0.2, 0.25) is 5.91 Å². The molecule has 1 N–H and O–H groups in total. The monoisotopic (exact) mass is 444 g/mol. The summed E-state index contributed by atoms with van der Waals surface area (Å²) in [5, 5.41) is 2.68. The number of halogens is 1. The van der Waals surface area contributed by atoms with Gasteiger partial charge in [0, 0.05) is 16.3 Å². The number of thioether (sulfide) groups is 1. The van der Waals surface area contributed by atoms with Crippen molar-refractivity contribution in [1.82, 2.24) is 4.90 Å². The summed E-state index contributed by atoms with van der Waals surface area (Å²) in [6.45, 7) is 5.29. The average Bonchev–Trinajstić information content (AvgIpc) is 2.93. The lowest BCUT2D eigenvalue weighted by Gasteiger charge is -2.13. The smallest absolute Gasteiger partial charge is 0.294 e. The van der Waals surface area contributed by atoms with Gasteiger partial charge in [0.25, 0.3) is 11.1 Å². The van der Waals surface area contributed by atoms with E-state index in [4.69, 9.17) is 16.3 Å². The van der Waals surface area contributed by atoms with Crippen molar-refractivity contribution in [2.75, 3.05) is 11.9 Å². The zero-order chi connectivity index (χ0) is 21.8. The van der Waals surface area contributed by atoms with Crippen molar-refractivity contribution < 1.29 is 19.1 Å². The molecule has 3 amide bonds. The summed E-state index contributed by atoms with van der Waals surface area (Å²) in [5.74, 6) is -0.378. The van der Waals surface area contributed by atoms with Crippen LogP contribution in [0.5, 0.6) is 5.75 Å². The van der Waals surface area contributed by atoms with Crippen molar-refractivity contribution >= 4 is 52.2 Å². The third-order valence-corrected chi connectivity index (χ3v) is 5.51. The first kappa shape index (κ1) is 21.9. The molecule has 0 aromatic heterocycles. The standard InChI is InChI=1S/C22H21ClN2O4S/c1-13(2)29-18-7-5-4-6-15(18)10-19-21(27)25(22(28)30-19)12-20(26)24-16-9-8-14(3)17(23)11-16/h4-11,13H,12H2,1-3H3,(H,24,26)/b19-10-. The molecule has 0 unspecified atom stereocenters. The number of nitrogens with zero attached hydrogens (tertiary/aromatic N) is 1. The van der Waals surface area contributed by atoms with Crippen LogP contribution >= 0.6 is 23.4 Å². The lowest BCUT2D eigenvalue weighted by Crippen LogP contribution is -2.36. The van der Waals surface area contributed by atoms with E-state index in [1.165, 1.54) is 0 Å². The number of amides is 3. The molecule has 156 valence electrons. The Morgan fingerprint density at radius 1 is 1.23 bits per heavy atom. The van der Waals surface area contributed by atoms with Crippen LogP contribution in [0, 0.1) is 6.92 Å². The van der Waals surface area contributed by atoms with E-state index in [-0.39, 0.29) is 17.6 Å². The molecule has 2 aromatic carbocycles. The van der Waals surface area contributed by atoms with Crippen LogP contribution in [-0.4, -0.2) is 34.6 Å². The highest BCUT2D eigenvalue weighted by molar-refractivity contribution is 8.18. The van der Waals surface area contributed by atoms with Crippen LogP contribution in [-0.2, 0) is 9.59 Å². The number of rotatable bonds is 6. The van der Waals surface area contributed by atoms with E-state index >= 15 is 0 Å². The van der Waals surface area contributed by atoms with Gasteiger partial charge in [-0.1, -0.05) is 35.9 Å². The number of imide groups is 1. The maximum absolute atomic E-state index is 12.7. The minimum absolute atomic E-state index is 0.0337. The predicted molar refractivity (Wildman–Crippen MR) is 120 cm³/mol. The molecule has 8 heteroatoms. The van der Waals surface area contributed by atoms with E-state index < -0.39 is 17.1 Å². The highest BCUT2D eigenvalue weighted by Gasteiger charge is 2.36. The number of carbonyl (C=O) groups is 3. The topological polar surface area (TPSA) is 75.7 Å². The summed E-state index contributed by atoms with van der Waals surface area (Å²) in [7, 11) is 0. The normalized spacial score (nSPS) is 15.2. The van der Waals surface area contributed by atoms with Crippen molar-refractivity contribution in [2.45, 2.75) is 26.9 Å². The molecular weight excluding hydrogens is 424 g/mol. The van der Waals surface area contributed by atoms with E-state index in [1.54, 1.807) is 36.4 Å². The van der Waals surface area contributed by atoms with Gasteiger partial charge in [0.1, 0.15) is 12.3 Å². The van der Waals surface area contributed by atoms with Crippen molar-refractivity contribution in [1.29, 1.82) is 0 Å². The van der Waals surface area contributed by atoms with Gasteiger partial charge in [-0.3, -0.25) is 19.3 Å². The minimum atomic E-state index is -0.513. The predicted octanol–water partition coefficient (Wildman–Crippen LogP) is 5.11. The Bertz CT molecular complexity index is 1040. The Morgan fingerprint density at radius 3 is 2.67 bits per heavy atom. The number of carbonyl (C=O) groups excluding carboxylic acids is 3. The summed E-state index contributed by atoms with van der Waals surface area (Å²) in [5.41, 5.74) is 2.07. The third kappa shape index (κ3) is 5.23. The van der Waals surface area contributed by atoms with E-state index in [0.717, 1.165) is 22.2 Å². The van der Waals surface area contributed by atoms with Gasteiger partial charge in [-0.25, -0.2) is 0 Å². The van der Waals surface area contributed by atoms with Gasteiger partial charge in [-0.05, 0) is 62.4 Å². The summed E-state index contributed by atoms with van der Waals surface area (Å²) in [4.78, 5) is 38.6. The molecule has 2 aromatic rings. The molecular formula is C22H21ClN2O4S. The number of anilines is 1. The SMILES string of the molecule is Cc1ccc(NC(=O)CN2C(=O)S/C(=C\c3ccccc3OC(C)C)C2=O)cc1Cl. The van der Waals surface area contributed by atoms with Crippen molar-refractivity contribution in [2.24, 2.45) is 0 Å². The number of aryl methyl sites for hydroxylation is 1. The summed E-state index contributed by atoms with van der Waals surface area (Å²) >= 11 is 6.86. The molecule has 0 aliphatic carbocycles. The molecule has 1 heterocycles. The maximum Gasteiger partial charge on any atom is 0.294 e. The van der Waals surface area contributed by atoms with E-state index in [9.17, 15) is 14.4 Å². The van der Waals surface area contributed by atoms with E-state index in [0.29, 0.717) is 22.0 Å². The highest BCUT2D eigenvalue weighted by Crippen LogP contribution is 2.34. The minimum Gasteiger partial charge on any atom is -0.490 e. The second-order valence-electron chi connectivity index (χ2n) is 6.98. The van der Waals surface area contributed by atoms with Gasteiger partial charge in [-0.15, -0.1) is 0 Å². The quantitative estimate of drug-likeness (QED) is 0.626. The Morgan fingerprint density at radius 2 is 1.97 bits per heavy atom. The number of nitrogens with one attached hydrogen (secondary N) is 1. The Labute approximate surface area is 184 Å². The van der Waals surface area contributed by atoms with Crippen LogP contribution in [0.2, 0.25) is 5.02 Å². The van der Waals surface area contributed by atoms with Gasteiger partial charge >= 0.3 is 0 Å². The molecule has 0 saturated carbocycles. The molecule has 3 rings (SSSR count). The van der Waals surface area contributed by atoms with Crippen molar-refractivity contribution in [3.05, 3.63) is 63.5 Å². The second kappa shape index (κ2) is 9.36. The number of hydrogen-bond acceptors (Lipinski definition) is 5. The third-order valence-electron chi connectivity index (χ3n) is 4.20. The lowest BCUT2D eigenvalue weighted by atomic mass is 10.2. The number of para-hydroxylation sites is 1. The molecule has 0 spiro atoms. The fraction of sp³-hybridized carbons (Fsp3) is 0.227. The first-order valence-corrected chi connectivity index (χ1v) is 10.5. The molecule has 0 radical (unpaired) electrons. The Hall–Kier alpha value is -2.77.